The minimum absolute atomic E-state index is 0.287. The molecule has 266 valence electrons. The Kier molecular flexibility index (Phi) is 13.7. The second kappa shape index (κ2) is 19.4. The van der Waals surface area contributed by atoms with Crippen LogP contribution in [-0.4, -0.2) is 23.4 Å². The summed E-state index contributed by atoms with van der Waals surface area (Å²) in [6, 6.07) is 56.8. The number of para-hydroxylation sites is 2. The molecule has 0 spiro atoms. The van der Waals surface area contributed by atoms with Gasteiger partial charge in [0.1, 0.15) is 0 Å². The molecule has 2 N–H and O–H groups in total. The lowest BCUT2D eigenvalue weighted by molar-refractivity contribution is 0.282. The first-order valence-electron chi connectivity index (χ1n) is 19.0. The van der Waals surface area contributed by atoms with Crippen LogP contribution in [0.25, 0.3) is 11.1 Å². The molecule has 0 saturated heterocycles. The van der Waals surface area contributed by atoms with E-state index in [0.29, 0.717) is 0 Å². The van der Waals surface area contributed by atoms with Crippen molar-refractivity contribution in [1.29, 1.82) is 0 Å². The molecule has 4 nitrogen and oxygen atoms in total. The summed E-state index contributed by atoms with van der Waals surface area (Å²) in [5, 5.41) is 18.1. The molecule has 6 aromatic carbocycles. The summed E-state index contributed by atoms with van der Waals surface area (Å²) >= 11 is 0. The zero-order valence-corrected chi connectivity index (χ0v) is 30.3. The summed E-state index contributed by atoms with van der Waals surface area (Å²) in [5.41, 5.74) is 11.8. The van der Waals surface area contributed by atoms with E-state index in [0.717, 1.165) is 98.3 Å². The second-order valence-electron chi connectivity index (χ2n) is 13.5. The van der Waals surface area contributed by atoms with Crippen LogP contribution >= 0.6 is 0 Å². The van der Waals surface area contributed by atoms with Crippen LogP contribution in [0.5, 0.6) is 0 Å². The fourth-order valence-electron chi connectivity index (χ4n) is 6.87. The van der Waals surface area contributed by atoms with Crippen molar-refractivity contribution in [3.63, 3.8) is 0 Å². The van der Waals surface area contributed by atoms with Crippen LogP contribution in [-0.2, 0) is 12.8 Å². The molecule has 6 aromatic rings. The number of hydrogen-bond acceptors (Lipinski definition) is 4. The van der Waals surface area contributed by atoms with Crippen molar-refractivity contribution >= 4 is 34.1 Å². The third-order valence-electron chi connectivity index (χ3n) is 9.75. The average molecular weight is 689 g/mol. The summed E-state index contributed by atoms with van der Waals surface area (Å²) in [6.07, 6.45) is 10.7. The van der Waals surface area contributed by atoms with Crippen molar-refractivity contribution < 1.29 is 10.2 Å². The van der Waals surface area contributed by atoms with E-state index in [-0.39, 0.29) is 13.2 Å². The van der Waals surface area contributed by atoms with Gasteiger partial charge in [0, 0.05) is 47.3 Å². The van der Waals surface area contributed by atoms with E-state index in [1.807, 2.05) is 0 Å². The molecule has 0 aromatic heterocycles. The van der Waals surface area contributed by atoms with Crippen LogP contribution in [0, 0.1) is 0 Å². The summed E-state index contributed by atoms with van der Waals surface area (Å²) in [4.78, 5) is 4.64. The number of anilines is 6. The van der Waals surface area contributed by atoms with E-state index in [1.165, 1.54) is 22.3 Å². The molecule has 0 aliphatic rings. The Morgan fingerprint density at radius 1 is 0.288 bits per heavy atom. The molecular formula is C48H52N2O2. The van der Waals surface area contributed by atoms with Crippen LogP contribution in [0.3, 0.4) is 0 Å². The Hall–Kier alpha value is -5.16. The predicted octanol–water partition coefficient (Wildman–Crippen LogP) is 12.5. The number of aryl methyl sites for hydroxylation is 2. The zero-order chi connectivity index (χ0) is 35.8. The molecule has 0 aliphatic heterocycles. The average Bonchev–Trinajstić information content (AvgIpc) is 3.20. The van der Waals surface area contributed by atoms with E-state index in [9.17, 15) is 0 Å². The van der Waals surface area contributed by atoms with Crippen molar-refractivity contribution in [2.24, 2.45) is 0 Å². The van der Waals surface area contributed by atoms with Gasteiger partial charge in [-0.2, -0.15) is 0 Å². The van der Waals surface area contributed by atoms with Gasteiger partial charge in [0.05, 0.1) is 0 Å². The number of aliphatic hydroxyl groups is 2. The Morgan fingerprint density at radius 3 is 0.904 bits per heavy atom. The van der Waals surface area contributed by atoms with Gasteiger partial charge in [0.15, 0.2) is 0 Å². The molecule has 0 radical (unpaired) electrons. The Labute approximate surface area is 310 Å². The van der Waals surface area contributed by atoms with Crippen LogP contribution < -0.4 is 9.80 Å². The highest BCUT2D eigenvalue weighted by molar-refractivity contribution is 5.80. The van der Waals surface area contributed by atoms with E-state index in [4.69, 9.17) is 10.2 Å². The molecule has 52 heavy (non-hydrogen) atoms. The van der Waals surface area contributed by atoms with Gasteiger partial charge >= 0.3 is 0 Å². The van der Waals surface area contributed by atoms with Crippen molar-refractivity contribution in [1.82, 2.24) is 0 Å². The summed E-state index contributed by atoms with van der Waals surface area (Å²) in [5.74, 6) is 0. The molecule has 0 fully saturated rings. The Balaban J connectivity index is 1.19. The third kappa shape index (κ3) is 10.00. The number of aliphatic hydroxyl groups excluding tert-OH is 2. The molecule has 0 aliphatic carbocycles. The van der Waals surface area contributed by atoms with E-state index >= 15 is 0 Å². The van der Waals surface area contributed by atoms with Crippen molar-refractivity contribution in [3.8, 4) is 11.1 Å². The first-order chi connectivity index (χ1) is 25.7. The smallest absolute Gasteiger partial charge is 0.0462 e. The highest BCUT2D eigenvalue weighted by atomic mass is 16.3. The third-order valence-corrected chi connectivity index (χ3v) is 9.75. The number of benzene rings is 6. The maximum atomic E-state index is 9.05. The lowest BCUT2D eigenvalue weighted by atomic mass is 10.0. The molecule has 0 saturated carbocycles. The number of hydrogen-bond donors (Lipinski definition) is 2. The highest BCUT2D eigenvalue weighted by Gasteiger charge is 2.15. The van der Waals surface area contributed by atoms with Gasteiger partial charge in [-0.25, -0.2) is 0 Å². The molecular weight excluding hydrogens is 637 g/mol. The first kappa shape index (κ1) is 36.6. The minimum atomic E-state index is 0.287. The second-order valence-corrected chi connectivity index (χ2v) is 13.5. The Bertz CT molecular complexity index is 1730. The van der Waals surface area contributed by atoms with Gasteiger partial charge in [0.25, 0.3) is 0 Å². The SMILES string of the molecule is OCCCCCCc1ccc(N(c2ccccc2)c2ccc(-c3ccc(N(c4ccccc4)c4ccc(CCCCCCO)cc4)cc3)cc2)cc1. The standard InChI is InChI=1S/C48H52N2O2/c51-37-13-3-1-7-15-39-21-29-45(30-22-39)49(43-17-9-5-10-18-43)47-33-25-41(26-34-47)42-27-35-48(36-28-42)50(44-19-11-6-12-20-44)46-31-23-40(24-32-46)16-8-2-4-14-38-52/h5-6,9-12,17-36,51-52H,1-4,7-8,13-16,37-38H2. The van der Waals surface area contributed by atoms with Crippen LogP contribution in [0.1, 0.15) is 62.5 Å². The van der Waals surface area contributed by atoms with Crippen LogP contribution in [0.4, 0.5) is 34.1 Å². The predicted molar refractivity (Wildman–Crippen MR) is 220 cm³/mol. The molecule has 6 rings (SSSR count). The lowest BCUT2D eigenvalue weighted by Gasteiger charge is -2.26. The summed E-state index contributed by atoms with van der Waals surface area (Å²) < 4.78 is 0. The monoisotopic (exact) mass is 688 g/mol. The van der Waals surface area contributed by atoms with Crippen molar-refractivity contribution in [2.75, 3.05) is 23.0 Å². The van der Waals surface area contributed by atoms with Gasteiger partial charge in [-0.1, -0.05) is 111 Å². The van der Waals surface area contributed by atoms with Gasteiger partial charge in [-0.05, 0) is 134 Å². The van der Waals surface area contributed by atoms with Crippen molar-refractivity contribution in [3.05, 3.63) is 169 Å². The molecule has 0 bridgehead atoms. The molecule has 0 unspecified atom stereocenters. The van der Waals surface area contributed by atoms with Gasteiger partial charge in [-0.3, -0.25) is 0 Å². The number of unbranched alkanes of at least 4 members (excludes halogenated alkanes) is 6. The van der Waals surface area contributed by atoms with E-state index < -0.39 is 0 Å². The number of rotatable bonds is 19. The summed E-state index contributed by atoms with van der Waals surface area (Å²) in [7, 11) is 0. The lowest BCUT2D eigenvalue weighted by Crippen LogP contribution is -2.10. The normalized spacial score (nSPS) is 11.0. The number of nitrogens with zero attached hydrogens (tertiary/aromatic N) is 2. The fourth-order valence-corrected chi connectivity index (χ4v) is 6.87. The van der Waals surface area contributed by atoms with Gasteiger partial charge in [0.2, 0.25) is 0 Å². The first-order valence-corrected chi connectivity index (χ1v) is 19.0. The Morgan fingerprint density at radius 2 is 0.577 bits per heavy atom. The molecule has 0 heterocycles. The maximum Gasteiger partial charge on any atom is 0.0462 e. The van der Waals surface area contributed by atoms with Crippen LogP contribution in [0.15, 0.2) is 158 Å². The molecule has 4 heteroatoms. The molecule has 0 amide bonds. The van der Waals surface area contributed by atoms with E-state index in [1.54, 1.807) is 0 Å². The van der Waals surface area contributed by atoms with Crippen molar-refractivity contribution in [2.45, 2.75) is 64.2 Å². The fraction of sp³-hybridized carbons (Fsp3) is 0.250. The largest absolute Gasteiger partial charge is 0.396 e. The van der Waals surface area contributed by atoms with E-state index in [2.05, 4.69) is 168 Å². The highest BCUT2D eigenvalue weighted by Crippen LogP contribution is 2.38. The quantitative estimate of drug-likeness (QED) is 0.0832. The summed E-state index contributed by atoms with van der Waals surface area (Å²) in [6.45, 7) is 0.574. The minimum Gasteiger partial charge on any atom is -0.396 e. The molecule has 0 atom stereocenters. The van der Waals surface area contributed by atoms with Gasteiger partial charge < -0.3 is 20.0 Å². The topological polar surface area (TPSA) is 46.9 Å². The maximum absolute atomic E-state index is 9.05. The van der Waals surface area contributed by atoms with Crippen LogP contribution in [0.2, 0.25) is 0 Å². The van der Waals surface area contributed by atoms with Gasteiger partial charge in [-0.15, -0.1) is 0 Å². The zero-order valence-electron chi connectivity index (χ0n) is 30.3.